The summed E-state index contributed by atoms with van der Waals surface area (Å²) in [6.45, 7) is 4.98. The number of hydrogen-bond acceptors (Lipinski definition) is 4. The number of nitrogens with one attached hydrogen (secondary N) is 2. The lowest BCUT2D eigenvalue weighted by Gasteiger charge is -2.29. The van der Waals surface area contributed by atoms with Crippen LogP contribution in [0.25, 0.3) is 11.0 Å². The molecule has 1 heterocycles. The van der Waals surface area contributed by atoms with E-state index >= 15 is 0 Å². The van der Waals surface area contributed by atoms with Gasteiger partial charge >= 0.3 is 6.03 Å². The fourth-order valence-electron chi connectivity index (χ4n) is 3.50. The van der Waals surface area contributed by atoms with E-state index in [2.05, 4.69) is 34.0 Å². The predicted octanol–water partition coefficient (Wildman–Crippen LogP) is 3.55. The Hall–Kier alpha value is -2.02. The van der Waals surface area contributed by atoms with Gasteiger partial charge < -0.3 is 9.88 Å². The van der Waals surface area contributed by atoms with Gasteiger partial charge in [-0.25, -0.2) is 9.78 Å². The van der Waals surface area contributed by atoms with Gasteiger partial charge in [-0.2, -0.15) is 0 Å². The van der Waals surface area contributed by atoms with Gasteiger partial charge in [0.1, 0.15) is 0 Å². The van der Waals surface area contributed by atoms with Crippen molar-refractivity contribution >= 4 is 34.7 Å². The number of imide groups is 1. The standard InChI is InChI=1S/C19H26N4O2S/c1-3-23-16-11-7-6-10-15(16)21-19(23)26-12-17(24)22-18(25)20-14-9-5-4-8-13(14)2/h6-7,10-11,13-14H,3-5,8-9,12H2,1-2H3,(H2,20,22,24,25). The average molecular weight is 375 g/mol. The molecular weight excluding hydrogens is 348 g/mol. The van der Waals surface area contributed by atoms with Crippen molar-refractivity contribution in [3.05, 3.63) is 24.3 Å². The lowest BCUT2D eigenvalue weighted by Crippen LogP contribution is -2.48. The minimum absolute atomic E-state index is 0.161. The molecule has 1 aliphatic carbocycles. The Kier molecular flexibility index (Phi) is 6.19. The summed E-state index contributed by atoms with van der Waals surface area (Å²) in [5.41, 5.74) is 1.98. The highest BCUT2D eigenvalue weighted by Crippen LogP contribution is 2.24. The zero-order valence-corrected chi connectivity index (χ0v) is 16.1. The molecule has 2 aromatic rings. The van der Waals surface area contributed by atoms with Crippen LogP contribution in [-0.4, -0.2) is 33.3 Å². The molecule has 1 aromatic heterocycles. The van der Waals surface area contributed by atoms with Crippen LogP contribution in [0.1, 0.15) is 39.5 Å². The maximum Gasteiger partial charge on any atom is 0.321 e. The van der Waals surface area contributed by atoms with Crippen molar-refractivity contribution in [1.29, 1.82) is 0 Å². The van der Waals surface area contributed by atoms with Gasteiger partial charge in [0.05, 0.1) is 16.8 Å². The van der Waals surface area contributed by atoms with Gasteiger partial charge in [0.15, 0.2) is 5.16 Å². The molecule has 0 spiro atoms. The Labute approximate surface area is 158 Å². The average Bonchev–Trinajstić information content (AvgIpc) is 2.99. The second kappa shape index (κ2) is 8.58. The molecule has 7 heteroatoms. The molecule has 0 aliphatic heterocycles. The van der Waals surface area contributed by atoms with Gasteiger partial charge in [0.25, 0.3) is 0 Å². The number of urea groups is 1. The van der Waals surface area contributed by atoms with Crippen LogP contribution in [0.3, 0.4) is 0 Å². The molecule has 0 bridgehead atoms. The van der Waals surface area contributed by atoms with E-state index in [1.807, 2.05) is 24.3 Å². The van der Waals surface area contributed by atoms with Crippen LogP contribution >= 0.6 is 11.8 Å². The summed E-state index contributed by atoms with van der Waals surface area (Å²) in [5.74, 6) is 0.325. The number of nitrogens with zero attached hydrogens (tertiary/aromatic N) is 2. The van der Waals surface area contributed by atoms with Crippen molar-refractivity contribution in [2.45, 2.75) is 57.3 Å². The number of aromatic nitrogens is 2. The Morgan fingerprint density at radius 1 is 1.27 bits per heavy atom. The third-order valence-electron chi connectivity index (χ3n) is 4.95. The Bertz CT molecular complexity index is 789. The molecular formula is C19H26N4O2S. The normalized spacial score (nSPS) is 20.1. The number of aryl methyl sites for hydroxylation is 1. The number of carbonyl (C=O) groups is 2. The van der Waals surface area contributed by atoms with Crippen LogP contribution in [-0.2, 0) is 11.3 Å². The smallest absolute Gasteiger partial charge is 0.321 e. The number of rotatable bonds is 5. The summed E-state index contributed by atoms with van der Waals surface area (Å²) in [6.07, 6.45) is 4.46. The molecule has 0 saturated heterocycles. The third-order valence-corrected chi connectivity index (χ3v) is 5.93. The molecule has 2 unspecified atom stereocenters. The van der Waals surface area contributed by atoms with Crippen molar-refractivity contribution in [2.75, 3.05) is 5.75 Å². The third kappa shape index (κ3) is 4.38. The first-order chi connectivity index (χ1) is 12.6. The monoisotopic (exact) mass is 374 g/mol. The van der Waals surface area contributed by atoms with Gasteiger partial charge in [0.2, 0.25) is 5.91 Å². The molecule has 2 N–H and O–H groups in total. The highest BCUT2D eigenvalue weighted by molar-refractivity contribution is 7.99. The molecule has 3 rings (SSSR count). The molecule has 1 saturated carbocycles. The van der Waals surface area contributed by atoms with Gasteiger partial charge in [-0.1, -0.05) is 43.7 Å². The largest absolute Gasteiger partial charge is 0.335 e. The molecule has 2 atom stereocenters. The van der Waals surface area contributed by atoms with Crippen LogP contribution in [0, 0.1) is 5.92 Å². The van der Waals surface area contributed by atoms with Crippen molar-refractivity contribution in [3.8, 4) is 0 Å². The van der Waals surface area contributed by atoms with E-state index in [0.29, 0.717) is 5.92 Å². The van der Waals surface area contributed by atoms with E-state index in [9.17, 15) is 9.59 Å². The number of hydrogen-bond donors (Lipinski definition) is 2. The van der Waals surface area contributed by atoms with Crippen molar-refractivity contribution in [1.82, 2.24) is 20.2 Å². The highest BCUT2D eigenvalue weighted by Gasteiger charge is 2.23. The van der Waals surface area contributed by atoms with Crippen LogP contribution in [0.4, 0.5) is 4.79 Å². The fourth-order valence-corrected chi connectivity index (χ4v) is 4.38. The Balaban J connectivity index is 1.53. The lowest BCUT2D eigenvalue weighted by atomic mass is 9.86. The molecule has 26 heavy (non-hydrogen) atoms. The summed E-state index contributed by atoms with van der Waals surface area (Å²) in [7, 11) is 0. The zero-order valence-electron chi connectivity index (χ0n) is 15.3. The van der Waals surface area contributed by atoms with Crippen molar-refractivity contribution < 1.29 is 9.59 Å². The first-order valence-corrected chi connectivity index (χ1v) is 10.3. The van der Waals surface area contributed by atoms with Crippen LogP contribution in [0.2, 0.25) is 0 Å². The highest BCUT2D eigenvalue weighted by atomic mass is 32.2. The number of carbonyl (C=O) groups excluding carboxylic acids is 2. The number of imidazole rings is 1. The SMILES string of the molecule is CCn1c(SCC(=O)NC(=O)NC2CCCCC2C)nc2ccccc21. The number of fused-ring (bicyclic) bond motifs is 1. The van der Waals surface area contributed by atoms with Crippen LogP contribution in [0.15, 0.2) is 29.4 Å². The molecule has 0 radical (unpaired) electrons. The maximum absolute atomic E-state index is 12.1. The molecule has 1 aromatic carbocycles. The summed E-state index contributed by atoms with van der Waals surface area (Å²) < 4.78 is 2.08. The number of para-hydroxylation sites is 2. The maximum atomic E-state index is 12.1. The van der Waals surface area contributed by atoms with Gasteiger partial charge in [-0.3, -0.25) is 10.1 Å². The van der Waals surface area contributed by atoms with E-state index < -0.39 is 6.03 Å². The fraction of sp³-hybridized carbons (Fsp3) is 0.526. The molecule has 1 fully saturated rings. The minimum atomic E-state index is -0.390. The van der Waals surface area contributed by atoms with Gasteiger partial charge in [0, 0.05) is 12.6 Å². The number of thioether (sulfide) groups is 1. The minimum Gasteiger partial charge on any atom is -0.335 e. The van der Waals surface area contributed by atoms with E-state index in [-0.39, 0.29) is 17.7 Å². The van der Waals surface area contributed by atoms with E-state index in [1.165, 1.54) is 18.2 Å². The second-order valence-electron chi connectivity index (χ2n) is 6.81. The molecule has 140 valence electrons. The first kappa shape index (κ1) is 18.8. The van der Waals surface area contributed by atoms with E-state index in [1.54, 1.807) is 0 Å². The summed E-state index contributed by atoms with van der Waals surface area (Å²) >= 11 is 1.35. The number of amides is 3. The Morgan fingerprint density at radius 2 is 2.04 bits per heavy atom. The quantitative estimate of drug-likeness (QED) is 0.785. The molecule has 3 amide bonds. The zero-order chi connectivity index (χ0) is 18.5. The lowest BCUT2D eigenvalue weighted by molar-refractivity contribution is -0.117. The van der Waals surface area contributed by atoms with Crippen molar-refractivity contribution in [3.63, 3.8) is 0 Å². The van der Waals surface area contributed by atoms with Crippen LogP contribution in [0.5, 0.6) is 0 Å². The summed E-state index contributed by atoms with van der Waals surface area (Å²) in [6, 6.07) is 7.69. The molecule has 6 nitrogen and oxygen atoms in total. The number of benzene rings is 1. The van der Waals surface area contributed by atoms with Crippen LogP contribution < -0.4 is 10.6 Å². The second-order valence-corrected chi connectivity index (χ2v) is 7.75. The van der Waals surface area contributed by atoms with Gasteiger partial charge in [-0.15, -0.1) is 0 Å². The Morgan fingerprint density at radius 3 is 2.81 bits per heavy atom. The van der Waals surface area contributed by atoms with Crippen molar-refractivity contribution in [2.24, 2.45) is 5.92 Å². The molecule has 1 aliphatic rings. The van der Waals surface area contributed by atoms with E-state index in [0.717, 1.165) is 42.0 Å². The van der Waals surface area contributed by atoms with E-state index in [4.69, 9.17) is 0 Å². The summed E-state index contributed by atoms with van der Waals surface area (Å²) in [5, 5.41) is 6.18. The predicted molar refractivity (Wildman–Crippen MR) is 104 cm³/mol. The first-order valence-electron chi connectivity index (χ1n) is 9.27. The summed E-state index contributed by atoms with van der Waals surface area (Å²) in [4.78, 5) is 28.8. The van der Waals surface area contributed by atoms with Gasteiger partial charge in [-0.05, 0) is 37.8 Å². The topological polar surface area (TPSA) is 76.0 Å².